The lowest BCUT2D eigenvalue weighted by Crippen LogP contribution is -2.31. The van der Waals surface area contributed by atoms with Crippen LogP contribution in [-0.4, -0.2) is 38.5 Å². The normalized spacial score (nSPS) is 11.2. The third-order valence-electron chi connectivity index (χ3n) is 4.35. The topological polar surface area (TPSA) is 93.1 Å². The van der Waals surface area contributed by atoms with Crippen LogP contribution in [-0.2, 0) is 13.2 Å². The molecule has 0 saturated carbocycles. The molecule has 2 aromatic heterocycles. The SMILES string of the molecule is Cc1nc(CN(C)C)[nH]c(=O)c1-n1c(C)nc(OCc2ccc(F)cc2F)c(Br)c1=O. The zero-order chi connectivity index (χ0) is 22.9. The van der Waals surface area contributed by atoms with Crippen LogP contribution in [0.3, 0.4) is 0 Å². The molecule has 0 spiro atoms. The van der Waals surface area contributed by atoms with Crippen molar-refractivity contribution >= 4 is 15.9 Å². The van der Waals surface area contributed by atoms with Gasteiger partial charge in [0.1, 0.15) is 40.1 Å². The van der Waals surface area contributed by atoms with E-state index < -0.39 is 22.8 Å². The monoisotopic (exact) mass is 495 g/mol. The van der Waals surface area contributed by atoms with Crippen LogP contribution in [0.4, 0.5) is 8.78 Å². The van der Waals surface area contributed by atoms with Gasteiger partial charge in [0.2, 0.25) is 5.88 Å². The van der Waals surface area contributed by atoms with Crippen molar-refractivity contribution in [3.05, 3.63) is 77.9 Å². The first-order chi connectivity index (χ1) is 14.6. The molecule has 0 bridgehead atoms. The van der Waals surface area contributed by atoms with Gasteiger partial charge in [0.05, 0.1) is 12.2 Å². The van der Waals surface area contributed by atoms with E-state index in [1.807, 2.05) is 19.0 Å². The van der Waals surface area contributed by atoms with Gasteiger partial charge < -0.3 is 14.6 Å². The molecule has 0 amide bonds. The average Bonchev–Trinajstić information content (AvgIpc) is 2.66. The Hall–Kier alpha value is -2.92. The van der Waals surface area contributed by atoms with Gasteiger partial charge in [0, 0.05) is 11.6 Å². The molecule has 0 radical (unpaired) electrons. The van der Waals surface area contributed by atoms with E-state index in [9.17, 15) is 18.4 Å². The minimum Gasteiger partial charge on any atom is -0.472 e. The smallest absolute Gasteiger partial charge is 0.276 e. The van der Waals surface area contributed by atoms with Crippen molar-refractivity contribution in [1.82, 2.24) is 24.4 Å². The van der Waals surface area contributed by atoms with Gasteiger partial charge in [0.25, 0.3) is 11.1 Å². The van der Waals surface area contributed by atoms with Crippen LogP contribution >= 0.6 is 15.9 Å². The van der Waals surface area contributed by atoms with E-state index in [-0.39, 0.29) is 34.0 Å². The second-order valence-corrected chi connectivity index (χ2v) is 7.92. The zero-order valence-corrected chi connectivity index (χ0v) is 18.9. The summed E-state index contributed by atoms with van der Waals surface area (Å²) in [5.41, 5.74) is -0.552. The van der Waals surface area contributed by atoms with Gasteiger partial charge >= 0.3 is 0 Å². The summed E-state index contributed by atoms with van der Waals surface area (Å²) in [6.45, 7) is 3.33. The second-order valence-electron chi connectivity index (χ2n) is 7.13. The van der Waals surface area contributed by atoms with Gasteiger partial charge in [-0.15, -0.1) is 0 Å². The molecular formula is C20H20BrF2N5O3. The number of hydrogen-bond acceptors (Lipinski definition) is 6. The summed E-state index contributed by atoms with van der Waals surface area (Å²) >= 11 is 3.15. The van der Waals surface area contributed by atoms with E-state index in [0.717, 1.165) is 16.7 Å². The first-order valence-electron chi connectivity index (χ1n) is 9.19. The van der Waals surface area contributed by atoms with Crippen molar-refractivity contribution in [1.29, 1.82) is 0 Å². The van der Waals surface area contributed by atoms with Crippen LogP contribution in [0.2, 0.25) is 0 Å². The van der Waals surface area contributed by atoms with Crippen molar-refractivity contribution in [2.45, 2.75) is 27.0 Å². The fourth-order valence-corrected chi connectivity index (χ4v) is 3.38. The van der Waals surface area contributed by atoms with Gasteiger partial charge in [0.15, 0.2) is 0 Å². The number of aryl methyl sites for hydroxylation is 2. The van der Waals surface area contributed by atoms with Crippen molar-refractivity contribution in [2.24, 2.45) is 0 Å². The van der Waals surface area contributed by atoms with Crippen LogP contribution in [0.1, 0.15) is 22.9 Å². The molecule has 0 atom stereocenters. The summed E-state index contributed by atoms with van der Waals surface area (Å²) in [6, 6.07) is 3.10. The summed E-state index contributed by atoms with van der Waals surface area (Å²) in [6.07, 6.45) is 0. The second kappa shape index (κ2) is 9.06. The van der Waals surface area contributed by atoms with Crippen LogP contribution < -0.4 is 15.9 Å². The van der Waals surface area contributed by atoms with E-state index in [1.165, 1.54) is 13.0 Å². The molecule has 0 aliphatic carbocycles. The standard InChI is InChI=1S/C20H20BrF2N5O3/c1-10-17(18(29)26-15(24-10)8-27(3)4)28-11(2)25-19(16(21)20(28)30)31-9-12-5-6-13(22)7-14(12)23/h5-7H,8-9H2,1-4H3,(H,24,26,29). The maximum Gasteiger partial charge on any atom is 0.276 e. The molecule has 164 valence electrons. The molecule has 2 heterocycles. The zero-order valence-electron chi connectivity index (χ0n) is 17.3. The number of rotatable bonds is 6. The van der Waals surface area contributed by atoms with Crippen LogP contribution in [0.15, 0.2) is 32.3 Å². The highest BCUT2D eigenvalue weighted by atomic mass is 79.9. The minimum absolute atomic E-state index is 0.0446. The fourth-order valence-electron chi connectivity index (χ4n) is 3.00. The number of hydrogen-bond donors (Lipinski definition) is 1. The maximum absolute atomic E-state index is 13.8. The Morgan fingerprint density at radius 2 is 1.90 bits per heavy atom. The Balaban J connectivity index is 1.99. The largest absolute Gasteiger partial charge is 0.472 e. The maximum atomic E-state index is 13.8. The van der Waals surface area contributed by atoms with Crippen molar-refractivity contribution < 1.29 is 13.5 Å². The number of benzene rings is 1. The van der Waals surface area contributed by atoms with Crippen LogP contribution in [0, 0.1) is 25.5 Å². The number of H-pyrrole nitrogens is 1. The van der Waals surface area contributed by atoms with E-state index in [2.05, 4.69) is 30.9 Å². The number of aromatic amines is 1. The number of nitrogens with zero attached hydrogens (tertiary/aromatic N) is 4. The predicted molar refractivity (Wildman–Crippen MR) is 114 cm³/mol. The van der Waals surface area contributed by atoms with Crippen LogP contribution in [0.25, 0.3) is 5.69 Å². The Morgan fingerprint density at radius 3 is 2.52 bits per heavy atom. The minimum atomic E-state index is -0.771. The van der Waals surface area contributed by atoms with Gasteiger partial charge in [-0.25, -0.2) is 13.8 Å². The van der Waals surface area contributed by atoms with Gasteiger partial charge in [-0.1, -0.05) is 0 Å². The molecular weight excluding hydrogens is 476 g/mol. The highest BCUT2D eigenvalue weighted by Gasteiger charge is 2.20. The Morgan fingerprint density at radius 1 is 1.19 bits per heavy atom. The predicted octanol–water partition coefficient (Wildman–Crippen LogP) is 2.61. The first-order valence-corrected chi connectivity index (χ1v) is 9.98. The quantitative estimate of drug-likeness (QED) is 0.564. The molecule has 8 nitrogen and oxygen atoms in total. The highest BCUT2D eigenvalue weighted by Crippen LogP contribution is 2.22. The molecule has 3 rings (SSSR count). The van der Waals surface area contributed by atoms with Gasteiger partial charge in [-0.05, 0) is 56.0 Å². The van der Waals surface area contributed by atoms with Gasteiger partial charge in [-0.2, -0.15) is 4.98 Å². The summed E-state index contributed by atoms with van der Waals surface area (Å²) in [7, 11) is 3.69. The van der Waals surface area contributed by atoms with Crippen molar-refractivity contribution in [2.75, 3.05) is 14.1 Å². The number of halogens is 3. The fraction of sp³-hybridized carbons (Fsp3) is 0.300. The summed E-state index contributed by atoms with van der Waals surface area (Å²) in [5, 5.41) is 0. The molecule has 0 unspecified atom stereocenters. The molecule has 1 aromatic carbocycles. The highest BCUT2D eigenvalue weighted by molar-refractivity contribution is 9.10. The average molecular weight is 496 g/mol. The van der Waals surface area contributed by atoms with E-state index in [0.29, 0.717) is 18.1 Å². The van der Waals surface area contributed by atoms with Crippen molar-refractivity contribution in [3.63, 3.8) is 0 Å². The molecule has 0 aliphatic rings. The molecule has 0 aliphatic heterocycles. The molecule has 31 heavy (non-hydrogen) atoms. The molecule has 3 aromatic rings. The molecule has 1 N–H and O–H groups in total. The Labute approximate surface area is 184 Å². The lowest BCUT2D eigenvalue weighted by Gasteiger charge is -2.15. The number of aromatic nitrogens is 4. The van der Waals surface area contributed by atoms with E-state index in [1.54, 1.807) is 6.92 Å². The van der Waals surface area contributed by atoms with E-state index >= 15 is 0 Å². The first kappa shape index (κ1) is 22.8. The number of nitrogens with one attached hydrogen (secondary N) is 1. The summed E-state index contributed by atoms with van der Waals surface area (Å²) in [4.78, 5) is 38.8. The molecule has 0 fully saturated rings. The summed E-state index contributed by atoms with van der Waals surface area (Å²) in [5.74, 6) is -0.903. The van der Waals surface area contributed by atoms with Crippen molar-refractivity contribution in [3.8, 4) is 11.6 Å². The Bertz CT molecular complexity index is 1260. The third kappa shape index (κ3) is 4.88. The Kier molecular flexibility index (Phi) is 6.65. The molecule has 11 heteroatoms. The molecule has 0 saturated heterocycles. The number of ether oxygens (including phenoxy) is 1. The third-order valence-corrected chi connectivity index (χ3v) is 5.03. The lowest BCUT2D eigenvalue weighted by molar-refractivity contribution is 0.283. The van der Waals surface area contributed by atoms with Gasteiger partial charge in [-0.3, -0.25) is 14.2 Å². The van der Waals surface area contributed by atoms with Crippen LogP contribution in [0.5, 0.6) is 5.88 Å². The summed E-state index contributed by atoms with van der Waals surface area (Å²) < 4.78 is 33.5. The lowest BCUT2D eigenvalue weighted by atomic mass is 10.2. The van der Waals surface area contributed by atoms with E-state index in [4.69, 9.17) is 4.74 Å².